The van der Waals surface area contributed by atoms with Gasteiger partial charge in [0.25, 0.3) is 0 Å². The molecular formula is C14H17N3O. The van der Waals surface area contributed by atoms with Crippen LogP contribution in [0, 0.1) is 6.92 Å². The van der Waals surface area contributed by atoms with E-state index in [1.807, 2.05) is 48.9 Å². The highest BCUT2D eigenvalue weighted by molar-refractivity contribution is 5.75. The van der Waals surface area contributed by atoms with Gasteiger partial charge in [0, 0.05) is 25.4 Å². The number of carbonyl (C=O) groups excluding carboxylic acids is 1. The molecule has 0 atom stereocenters. The molecule has 0 aliphatic heterocycles. The number of rotatable bonds is 4. The molecule has 0 saturated carbocycles. The van der Waals surface area contributed by atoms with E-state index >= 15 is 0 Å². The van der Waals surface area contributed by atoms with E-state index in [2.05, 4.69) is 10.3 Å². The summed E-state index contributed by atoms with van der Waals surface area (Å²) in [6.45, 7) is 4.35. The number of imidazole rings is 1. The minimum Gasteiger partial charge on any atom is -0.352 e. The highest BCUT2D eigenvalue weighted by atomic mass is 16.1. The number of carbonyl (C=O) groups is 1. The second kappa shape index (κ2) is 5.49. The van der Waals surface area contributed by atoms with E-state index in [4.69, 9.17) is 0 Å². The average Bonchev–Trinajstić information content (AvgIpc) is 2.82. The summed E-state index contributed by atoms with van der Waals surface area (Å²) in [6.07, 6.45) is 4.21. The number of amides is 1. The van der Waals surface area contributed by atoms with Crippen LogP contribution in [0.4, 0.5) is 0 Å². The zero-order chi connectivity index (χ0) is 13.0. The Kier molecular flexibility index (Phi) is 3.77. The van der Waals surface area contributed by atoms with Crippen molar-refractivity contribution >= 4 is 5.91 Å². The minimum atomic E-state index is 0.0622. The Bertz CT molecular complexity index is 545. The third kappa shape index (κ3) is 2.59. The SMILES string of the molecule is CCC(=O)NCc1ccccc1-n1ccnc1C. The van der Waals surface area contributed by atoms with Gasteiger partial charge in [0.2, 0.25) is 5.91 Å². The summed E-state index contributed by atoms with van der Waals surface area (Å²) in [5.41, 5.74) is 2.14. The van der Waals surface area contributed by atoms with Crippen LogP contribution < -0.4 is 5.32 Å². The van der Waals surface area contributed by atoms with Crippen molar-refractivity contribution in [3.05, 3.63) is 48.0 Å². The summed E-state index contributed by atoms with van der Waals surface area (Å²) in [5.74, 6) is 0.997. The molecular weight excluding hydrogens is 226 g/mol. The number of nitrogens with one attached hydrogen (secondary N) is 1. The van der Waals surface area contributed by atoms with E-state index in [-0.39, 0.29) is 5.91 Å². The molecule has 4 heteroatoms. The molecule has 18 heavy (non-hydrogen) atoms. The van der Waals surface area contributed by atoms with Crippen molar-refractivity contribution in [2.45, 2.75) is 26.8 Å². The number of nitrogens with zero attached hydrogens (tertiary/aromatic N) is 2. The molecule has 0 saturated heterocycles. The molecule has 94 valence electrons. The van der Waals surface area contributed by atoms with Crippen LogP contribution in [0.1, 0.15) is 24.7 Å². The molecule has 0 aliphatic carbocycles. The molecule has 2 aromatic rings. The van der Waals surface area contributed by atoms with Gasteiger partial charge in [-0.15, -0.1) is 0 Å². The zero-order valence-electron chi connectivity index (χ0n) is 10.7. The molecule has 4 nitrogen and oxygen atoms in total. The minimum absolute atomic E-state index is 0.0622. The standard InChI is InChI=1S/C14H17N3O/c1-3-14(18)16-10-12-6-4-5-7-13(12)17-9-8-15-11(17)2/h4-9H,3,10H2,1-2H3,(H,16,18). The van der Waals surface area contributed by atoms with E-state index in [0.29, 0.717) is 13.0 Å². The third-order valence-electron chi connectivity index (χ3n) is 2.87. The highest BCUT2D eigenvalue weighted by Crippen LogP contribution is 2.15. The summed E-state index contributed by atoms with van der Waals surface area (Å²) >= 11 is 0. The molecule has 0 aliphatic rings. The number of para-hydroxylation sites is 1. The zero-order valence-corrected chi connectivity index (χ0v) is 10.7. The Morgan fingerprint density at radius 2 is 2.17 bits per heavy atom. The predicted octanol–water partition coefficient (Wildman–Crippen LogP) is 2.21. The molecule has 0 spiro atoms. The third-order valence-corrected chi connectivity index (χ3v) is 2.87. The van der Waals surface area contributed by atoms with E-state index in [9.17, 15) is 4.79 Å². The van der Waals surface area contributed by atoms with E-state index in [1.165, 1.54) is 0 Å². The summed E-state index contributed by atoms with van der Waals surface area (Å²) in [6, 6.07) is 8.01. The maximum Gasteiger partial charge on any atom is 0.219 e. The van der Waals surface area contributed by atoms with Crippen LogP contribution >= 0.6 is 0 Å². The van der Waals surface area contributed by atoms with Gasteiger partial charge in [-0.05, 0) is 18.6 Å². The first-order chi connectivity index (χ1) is 8.72. The van der Waals surface area contributed by atoms with Crippen molar-refractivity contribution < 1.29 is 4.79 Å². The van der Waals surface area contributed by atoms with Gasteiger partial charge in [-0.2, -0.15) is 0 Å². The van der Waals surface area contributed by atoms with Crippen molar-refractivity contribution in [2.24, 2.45) is 0 Å². The first-order valence-corrected chi connectivity index (χ1v) is 6.07. The first-order valence-electron chi connectivity index (χ1n) is 6.07. The van der Waals surface area contributed by atoms with Crippen LogP contribution in [0.25, 0.3) is 5.69 Å². The quantitative estimate of drug-likeness (QED) is 0.895. The summed E-state index contributed by atoms with van der Waals surface area (Å²) in [7, 11) is 0. The fourth-order valence-electron chi connectivity index (χ4n) is 1.85. The first kappa shape index (κ1) is 12.4. The van der Waals surface area contributed by atoms with Gasteiger partial charge in [0.05, 0.1) is 5.69 Å². The van der Waals surface area contributed by atoms with Gasteiger partial charge in [0.15, 0.2) is 0 Å². The second-order valence-corrected chi connectivity index (χ2v) is 4.10. The van der Waals surface area contributed by atoms with Gasteiger partial charge in [0.1, 0.15) is 5.82 Å². The van der Waals surface area contributed by atoms with Crippen LogP contribution in [-0.2, 0) is 11.3 Å². The lowest BCUT2D eigenvalue weighted by atomic mass is 10.1. The number of hydrogen-bond acceptors (Lipinski definition) is 2. The Morgan fingerprint density at radius 1 is 1.39 bits per heavy atom. The molecule has 1 aromatic carbocycles. The van der Waals surface area contributed by atoms with Crippen LogP contribution in [-0.4, -0.2) is 15.5 Å². The Morgan fingerprint density at radius 3 is 2.83 bits per heavy atom. The van der Waals surface area contributed by atoms with Crippen LogP contribution in [0.3, 0.4) is 0 Å². The predicted molar refractivity (Wildman–Crippen MR) is 70.4 cm³/mol. The van der Waals surface area contributed by atoms with Gasteiger partial charge >= 0.3 is 0 Å². The van der Waals surface area contributed by atoms with Gasteiger partial charge in [-0.3, -0.25) is 4.79 Å². The number of hydrogen-bond donors (Lipinski definition) is 1. The maximum absolute atomic E-state index is 11.3. The van der Waals surface area contributed by atoms with Crippen molar-refractivity contribution in [1.29, 1.82) is 0 Å². The normalized spacial score (nSPS) is 10.3. The largest absolute Gasteiger partial charge is 0.352 e. The van der Waals surface area contributed by atoms with Crippen molar-refractivity contribution in [3.8, 4) is 5.69 Å². The summed E-state index contributed by atoms with van der Waals surface area (Å²) in [4.78, 5) is 15.5. The van der Waals surface area contributed by atoms with Crippen LogP contribution in [0.5, 0.6) is 0 Å². The highest BCUT2D eigenvalue weighted by Gasteiger charge is 2.06. The van der Waals surface area contributed by atoms with Gasteiger partial charge in [-0.25, -0.2) is 4.98 Å². The lowest BCUT2D eigenvalue weighted by molar-refractivity contribution is -0.120. The molecule has 0 radical (unpaired) electrons. The van der Waals surface area contributed by atoms with Crippen molar-refractivity contribution in [1.82, 2.24) is 14.9 Å². The Balaban J connectivity index is 2.26. The molecule has 1 amide bonds. The molecule has 1 N–H and O–H groups in total. The summed E-state index contributed by atoms with van der Waals surface area (Å²) in [5, 5.41) is 2.90. The summed E-state index contributed by atoms with van der Waals surface area (Å²) < 4.78 is 2.02. The topological polar surface area (TPSA) is 46.9 Å². The number of aromatic nitrogens is 2. The monoisotopic (exact) mass is 243 g/mol. The number of aryl methyl sites for hydroxylation is 1. The fourth-order valence-corrected chi connectivity index (χ4v) is 1.85. The van der Waals surface area contributed by atoms with Crippen molar-refractivity contribution in [2.75, 3.05) is 0 Å². The molecule has 1 heterocycles. The molecule has 0 fully saturated rings. The molecule has 0 unspecified atom stereocenters. The maximum atomic E-state index is 11.3. The van der Waals surface area contributed by atoms with Gasteiger partial charge in [-0.1, -0.05) is 25.1 Å². The van der Waals surface area contributed by atoms with Crippen LogP contribution in [0.15, 0.2) is 36.7 Å². The lowest BCUT2D eigenvalue weighted by Crippen LogP contribution is -2.22. The average molecular weight is 243 g/mol. The number of benzene rings is 1. The van der Waals surface area contributed by atoms with E-state index in [1.54, 1.807) is 6.20 Å². The molecule has 2 rings (SSSR count). The molecule has 1 aromatic heterocycles. The molecule has 0 bridgehead atoms. The fraction of sp³-hybridized carbons (Fsp3) is 0.286. The van der Waals surface area contributed by atoms with Crippen LogP contribution in [0.2, 0.25) is 0 Å². The van der Waals surface area contributed by atoms with Crippen molar-refractivity contribution in [3.63, 3.8) is 0 Å². The Labute approximate surface area is 107 Å². The van der Waals surface area contributed by atoms with Gasteiger partial charge < -0.3 is 9.88 Å². The van der Waals surface area contributed by atoms with E-state index < -0.39 is 0 Å². The lowest BCUT2D eigenvalue weighted by Gasteiger charge is -2.12. The van der Waals surface area contributed by atoms with E-state index in [0.717, 1.165) is 17.1 Å². The Hall–Kier alpha value is -2.10. The second-order valence-electron chi connectivity index (χ2n) is 4.10. The smallest absolute Gasteiger partial charge is 0.219 e.